The number of ether oxygens (including phenoxy) is 2. The smallest absolute Gasteiger partial charge is 0.307 e. The van der Waals surface area contributed by atoms with E-state index in [9.17, 15) is 14.4 Å². The van der Waals surface area contributed by atoms with Crippen LogP contribution in [-0.2, 0) is 23.9 Å². The lowest BCUT2D eigenvalue weighted by molar-refractivity contribution is -0.155. The average Bonchev–Trinajstić information content (AvgIpc) is 2.74. The molecule has 0 spiro atoms. The predicted octanol–water partition coefficient (Wildman–Crippen LogP) is 7.76. The first-order valence-electron chi connectivity index (χ1n) is 13.9. The molecule has 0 rings (SSSR count). The summed E-state index contributed by atoms with van der Waals surface area (Å²) in [5, 5.41) is 9.02. The maximum absolute atomic E-state index is 11.4. The van der Waals surface area contributed by atoms with Crippen molar-refractivity contribution in [1.29, 1.82) is 0 Å². The van der Waals surface area contributed by atoms with Crippen LogP contribution in [0, 0.1) is 0 Å². The van der Waals surface area contributed by atoms with Gasteiger partial charge in [0.15, 0.2) is 0 Å². The van der Waals surface area contributed by atoms with E-state index in [1.54, 1.807) is 0 Å². The zero-order chi connectivity index (χ0) is 25.4. The van der Waals surface area contributed by atoms with Crippen LogP contribution in [0.25, 0.3) is 0 Å². The number of hydrogen-bond donors (Lipinski definition) is 1. The third-order valence-corrected chi connectivity index (χ3v) is 6.22. The molecule has 0 saturated heterocycles. The van der Waals surface area contributed by atoms with E-state index in [0.717, 1.165) is 19.3 Å². The molecule has 0 aromatic rings. The number of carboxylic acids is 1. The van der Waals surface area contributed by atoms with E-state index in [1.807, 2.05) is 0 Å². The average molecular weight is 485 g/mol. The zero-order valence-corrected chi connectivity index (χ0v) is 22.3. The van der Waals surface area contributed by atoms with Crippen LogP contribution in [0.15, 0.2) is 0 Å². The normalized spacial score (nSPS) is 12.8. The molecule has 0 heterocycles. The summed E-state index contributed by atoms with van der Waals surface area (Å²) in [4.78, 5) is 33.7. The van der Waals surface area contributed by atoms with Crippen molar-refractivity contribution in [3.8, 4) is 0 Å². The van der Waals surface area contributed by atoms with Gasteiger partial charge in [-0.3, -0.25) is 14.4 Å². The van der Waals surface area contributed by atoms with Gasteiger partial charge in [0.05, 0.1) is 6.42 Å². The quantitative estimate of drug-likeness (QED) is 0.111. The second-order valence-electron chi connectivity index (χ2n) is 9.74. The number of aliphatic carboxylic acids is 1. The molecule has 0 bridgehead atoms. The lowest BCUT2D eigenvalue weighted by Crippen LogP contribution is -2.28. The summed E-state index contributed by atoms with van der Waals surface area (Å²) < 4.78 is 10.4. The molecule has 200 valence electrons. The van der Waals surface area contributed by atoms with Gasteiger partial charge < -0.3 is 14.6 Å². The fourth-order valence-electron chi connectivity index (χ4n) is 4.45. The summed E-state index contributed by atoms with van der Waals surface area (Å²) in [7, 11) is 0. The minimum absolute atomic E-state index is 0.227. The number of unbranched alkanes of at least 4 members (excludes halogenated alkanes) is 16. The lowest BCUT2D eigenvalue weighted by atomic mass is 10.0. The van der Waals surface area contributed by atoms with E-state index in [1.165, 1.54) is 104 Å². The highest BCUT2D eigenvalue weighted by Gasteiger charge is 2.23. The Morgan fingerprint density at radius 1 is 0.588 bits per heavy atom. The van der Waals surface area contributed by atoms with Crippen LogP contribution in [0.1, 0.15) is 149 Å². The van der Waals surface area contributed by atoms with Crippen LogP contribution in [0.3, 0.4) is 0 Å². The molecule has 0 unspecified atom stereocenters. The summed E-state index contributed by atoms with van der Waals surface area (Å²) in [5.41, 5.74) is 0. The summed E-state index contributed by atoms with van der Waals surface area (Å²) >= 11 is 0. The second-order valence-corrected chi connectivity index (χ2v) is 9.74. The molecule has 34 heavy (non-hydrogen) atoms. The summed E-state index contributed by atoms with van der Waals surface area (Å²) in [6.07, 6.45) is 21.6. The van der Waals surface area contributed by atoms with Gasteiger partial charge in [-0.2, -0.15) is 0 Å². The number of carbonyl (C=O) groups excluding carboxylic acids is 2. The van der Waals surface area contributed by atoms with E-state index in [2.05, 4.69) is 6.92 Å². The molecular weight excluding hydrogens is 432 g/mol. The van der Waals surface area contributed by atoms with Crippen molar-refractivity contribution < 1.29 is 29.0 Å². The maximum atomic E-state index is 11.4. The Morgan fingerprint density at radius 2 is 0.941 bits per heavy atom. The SMILES string of the molecule is CCCCCCCCCCCCCCCCCCC[C@H](C[C@H](CC(=O)O)OC(C)=O)OC(C)=O. The third-order valence-electron chi connectivity index (χ3n) is 6.22. The lowest BCUT2D eigenvalue weighted by Gasteiger charge is -2.22. The fourth-order valence-corrected chi connectivity index (χ4v) is 4.45. The van der Waals surface area contributed by atoms with Crippen LogP contribution in [0.2, 0.25) is 0 Å². The van der Waals surface area contributed by atoms with E-state index in [-0.39, 0.29) is 12.8 Å². The monoisotopic (exact) mass is 484 g/mol. The van der Waals surface area contributed by atoms with Crippen molar-refractivity contribution in [2.75, 3.05) is 0 Å². The van der Waals surface area contributed by atoms with Gasteiger partial charge in [-0.15, -0.1) is 0 Å². The molecule has 0 amide bonds. The Morgan fingerprint density at radius 3 is 1.29 bits per heavy atom. The highest BCUT2D eigenvalue weighted by molar-refractivity contribution is 5.69. The standard InChI is InChI=1S/C28H52O6/c1-4-5-6-7-8-9-10-11-12-13-14-15-16-17-18-19-20-21-26(33-24(2)29)22-27(23-28(31)32)34-25(3)30/h26-27H,4-23H2,1-3H3,(H,31,32)/t26-,27-/m1/s1. The van der Waals surface area contributed by atoms with Gasteiger partial charge in [0, 0.05) is 20.3 Å². The second kappa shape index (κ2) is 23.2. The topological polar surface area (TPSA) is 89.9 Å². The minimum atomic E-state index is -1.04. The maximum Gasteiger partial charge on any atom is 0.307 e. The van der Waals surface area contributed by atoms with Crippen LogP contribution >= 0.6 is 0 Å². The molecule has 0 saturated carbocycles. The van der Waals surface area contributed by atoms with Gasteiger partial charge >= 0.3 is 17.9 Å². The number of hydrogen-bond acceptors (Lipinski definition) is 5. The zero-order valence-electron chi connectivity index (χ0n) is 22.3. The summed E-state index contributed by atoms with van der Waals surface area (Å²) in [6, 6.07) is 0. The first kappa shape index (κ1) is 32.4. The molecule has 0 aliphatic heterocycles. The number of carbonyl (C=O) groups is 3. The molecule has 0 aliphatic carbocycles. The van der Waals surface area contributed by atoms with Crippen molar-refractivity contribution in [2.24, 2.45) is 0 Å². The van der Waals surface area contributed by atoms with Gasteiger partial charge in [0.1, 0.15) is 12.2 Å². The Kier molecular flexibility index (Phi) is 22.1. The van der Waals surface area contributed by atoms with Gasteiger partial charge in [0.2, 0.25) is 0 Å². The van der Waals surface area contributed by atoms with Crippen molar-refractivity contribution in [2.45, 2.75) is 161 Å². The first-order valence-corrected chi connectivity index (χ1v) is 13.9. The number of carboxylic acid groups (broad SMARTS) is 1. The third kappa shape index (κ3) is 23.6. The van der Waals surface area contributed by atoms with E-state index >= 15 is 0 Å². The van der Waals surface area contributed by atoms with Crippen molar-refractivity contribution >= 4 is 17.9 Å². The molecule has 6 heteroatoms. The Labute approximate surface area is 208 Å². The van der Waals surface area contributed by atoms with Crippen molar-refractivity contribution in [3.05, 3.63) is 0 Å². The largest absolute Gasteiger partial charge is 0.481 e. The molecule has 0 aliphatic rings. The van der Waals surface area contributed by atoms with E-state index in [4.69, 9.17) is 14.6 Å². The highest BCUT2D eigenvalue weighted by Crippen LogP contribution is 2.19. The molecule has 6 nitrogen and oxygen atoms in total. The van der Waals surface area contributed by atoms with Crippen LogP contribution in [0.4, 0.5) is 0 Å². The Bertz CT molecular complexity index is 503. The van der Waals surface area contributed by atoms with Crippen LogP contribution in [0.5, 0.6) is 0 Å². The molecule has 1 N–H and O–H groups in total. The minimum Gasteiger partial charge on any atom is -0.481 e. The molecule has 2 atom stereocenters. The number of rotatable bonds is 24. The van der Waals surface area contributed by atoms with Gasteiger partial charge in [-0.05, 0) is 12.8 Å². The van der Waals surface area contributed by atoms with Crippen molar-refractivity contribution in [1.82, 2.24) is 0 Å². The molecule has 0 aromatic carbocycles. The highest BCUT2D eigenvalue weighted by atomic mass is 16.6. The van der Waals surface area contributed by atoms with Gasteiger partial charge in [-0.25, -0.2) is 0 Å². The van der Waals surface area contributed by atoms with E-state index < -0.39 is 30.1 Å². The van der Waals surface area contributed by atoms with E-state index in [0.29, 0.717) is 6.42 Å². The summed E-state index contributed by atoms with van der Waals surface area (Å²) in [5.74, 6) is -1.95. The Balaban J connectivity index is 3.76. The van der Waals surface area contributed by atoms with Crippen LogP contribution in [-0.4, -0.2) is 35.2 Å². The van der Waals surface area contributed by atoms with Crippen LogP contribution < -0.4 is 0 Å². The molecular formula is C28H52O6. The summed E-state index contributed by atoms with van der Waals surface area (Å²) in [6.45, 7) is 4.87. The molecule has 0 fully saturated rings. The Hall–Kier alpha value is -1.59. The number of esters is 2. The fraction of sp³-hybridized carbons (Fsp3) is 0.893. The predicted molar refractivity (Wildman–Crippen MR) is 137 cm³/mol. The van der Waals surface area contributed by atoms with Gasteiger partial charge in [-0.1, -0.05) is 110 Å². The molecule has 0 radical (unpaired) electrons. The first-order chi connectivity index (χ1) is 16.3. The molecule has 0 aromatic heterocycles. The van der Waals surface area contributed by atoms with Gasteiger partial charge in [0.25, 0.3) is 0 Å². The van der Waals surface area contributed by atoms with Crippen molar-refractivity contribution in [3.63, 3.8) is 0 Å².